The average molecular weight is 501 g/mol. The fraction of sp³-hybridized carbons (Fsp3) is 0.107. The summed E-state index contributed by atoms with van der Waals surface area (Å²) in [6, 6.07) is 27.2. The highest BCUT2D eigenvalue weighted by Crippen LogP contribution is 2.41. The zero-order valence-corrected chi connectivity index (χ0v) is 20.0. The van der Waals surface area contributed by atoms with Gasteiger partial charge in [0.15, 0.2) is 12.7 Å². The molecule has 1 heterocycles. The number of nitriles is 1. The summed E-state index contributed by atoms with van der Waals surface area (Å²) in [4.78, 5) is 24.9. The first-order chi connectivity index (χ1) is 17.5. The zero-order valence-electron chi connectivity index (χ0n) is 19.2. The number of esters is 1. The lowest BCUT2D eigenvalue weighted by Crippen LogP contribution is -2.29. The van der Waals surface area contributed by atoms with E-state index in [9.17, 15) is 14.9 Å². The summed E-state index contributed by atoms with van der Waals surface area (Å²) < 4.78 is 16.6. The van der Waals surface area contributed by atoms with Crippen molar-refractivity contribution in [3.8, 4) is 34.3 Å². The molecule has 0 aliphatic heterocycles. The number of carbonyl (C=O) groups is 2. The second-order valence-corrected chi connectivity index (χ2v) is 8.16. The molecule has 0 bridgehead atoms. The summed E-state index contributed by atoms with van der Waals surface area (Å²) in [6.45, 7) is 0.924. The molecule has 8 heteroatoms. The van der Waals surface area contributed by atoms with Gasteiger partial charge in [0.25, 0.3) is 5.91 Å². The molecule has 3 aromatic carbocycles. The molecule has 1 unspecified atom stereocenters. The lowest BCUT2D eigenvalue weighted by atomic mass is 9.98. The van der Waals surface area contributed by atoms with Crippen LogP contribution in [0.4, 0.5) is 5.88 Å². The molecule has 36 heavy (non-hydrogen) atoms. The first-order valence-corrected chi connectivity index (χ1v) is 11.4. The van der Waals surface area contributed by atoms with Gasteiger partial charge in [0.2, 0.25) is 5.88 Å². The molecular weight excluding hydrogens is 480 g/mol. The second kappa shape index (κ2) is 11.3. The number of nitrogens with one attached hydrogen (secondary N) is 1. The number of hydrogen-bond donors (Lipinski definition) is 1. The van der Waals surface area contributed by atoms with E-state index < -0.39 is 24.6 Å². The summed E-state index contributed by atoms with van der Waals surface area (Å²) in [6.07, 6.45) is -0.952. The van der Waals surface area contributed by atoms with Crippen molar-refractivity contribution in [3.63, 3.8) is 0 Å². The van der Waals surface area contributed by atoms with Gasteiger partial charge in [0, 0.05) is 16.1 Å². The minimum atomic E-state index is -0.952. The third-order valence-corrected chi connectivity index (χ3v) is 5.43. The number of halogens is 1. The molecule has 4 rings (SSSR count). The van der Waals surface area contributed by atoms with Crippen LogP contribution in [0.5, 0.6) is 5.75 Å². The number of carbonyl (C=O) groups excluding carboxylic acids is 2. The van der Waals surface area contributed by atoms with Crippen molar-refractivity contribution in [2.45, 2.75) is 13.0 Å². The topological polar surface area (TPSA) is 102 Å². The van der Waals surface area contributed by atoms with Crippen molar-refractivity contribution in [1.29, 1.82) is 5.26 Å². The van der Waals surface area contributed by atoms with Crippen LogP contribution in [-0.4, -0.2) is 24.6 Å². The lowest BCUT2D eigenvalue weighted by molar-refractivity contribution is -0.153. The maximum atomic E-state index is 12.6. The Kier molecular flexibility index (Phi) is 7.69. The highest BCUT2D eigenvalue weighted by Gasteiger charge is 2.25. The molecule has 1 N–H and O–H groups in total. The summed E-state index contributed by atoms with van der Waals surface area (Å²) in [7, 11) is 0. The third-order valence-electron chi connectivity index (χ3n) is 5.18. The number of benzene rings is 3. The largest absolute Gasteiger partial charge is 0.479 e. The van der Waals surface area contributed by atoms with Crippen LogP contribution in [-0.2, 0) is 14.3 Å². The Morgan fingerprint density at radius 1 is 0.972 bits per heavy atom. The van der Waals surface area contributed by atoms with E-state index in [0.29, 0.717) is 22.1 Å². The van der Waals surface area contributed by atoms with Crippen LogP contribution in [0.3, 0.4) is 0 Å². The van der Waals surface area contributed by atoms with Crippen LogP contribution in [0.15, 0.2) is 89.3 Å². The van der Waals surface area contributed by atoms with Crippen molar-refractivity contribution >= 4 is 29.4 Å². The van der Waals surface area contributed by atoms with Crippen LogP contribution >= 0.6 is 11.6 Å². The predicted molar refractivity (Wildman–Crippen MR) is 135 cm³/mol. The number of anilines is 1. The summed E-state index contributed by atoms with van der Waals surface area (Å²) >= 11 is 5.84. The Labute approximate surface area is 212 Å². The van der Waals surface area contributed by atoms with Gasteiger partial charge in [-0.05, 0) is 36.8 Å². The Balaban J connectivity index is 1.49. The minimum Gasteiger partial charge on any atom is -0.479 e. The lowest BCUT2D eigenvalue weighted by Gasteiger charge is -2.13. The number of hydrogen-bond acceptors (Lipinski definition) is 6. The Hall–Kier alpha value is -4.54. The molecule has 7 nitrogen and oxygen atoms in total. The molecule has 1 atom stereocenters. The Morgan fingerprint density at radius 2 is 1.58 bits per heavy atom. The van der Waals surface area contributed by atoms with Gasteiger partial charge in [-0.1, -0.05) is 72.3 Å². The molecule has 0 aliphatic carbocycles. The van der Waals surface area contributed by atoms with Crippen molar-refractivity contribution < 1.29 is 23.5 Å². The van der Waals surface area contributed by atoms with Crippen molar-refractivity contribution in [2.24, 2.45) is 0 Å². The quantitative estimate of drug-likeness (QED) is 0.294. The van der Waals surface area contributed by atoms with E-state index in [0.717, 1.165) is 11.1 Å². The van der Waals surface area contributed by atoms with E-state index in [-0.39, 0.29) is 11.4 Å². The SMILES string of the molecule is CC(Oc1ccc(Cl)cc1)C(=O)OCC(=O)Nc1oc(-c2ccccc2)c(-c2ccccc2)c1C#N. The molecule has 1 amide bonds. The second-order valence-electron chi connectivity index (χ2n) is 7.72. The van der Waals surface area contributed by atoms with E-state index in [1.807, 2.05) is 60.7 Å². The van der Waals surface area contributed by atoms with E-state index in [1.54, 1.807) is 24.3 Å². The molecule has 0 fully saturated rings. The van der Waals surface area contributed by atoms with Gasteiger partial charge in [0.05, 0.1) is 0 Å². The smallest absolute Gasteiger partial charge is 0.347 e. The van der Waals surface area contributed by atoms with Crippen molar-refractivity contribution in [1.82, 2.24) is 0 Å². The standard InChI is InChI=1S/C28H21ClN2O5/c1-18(35-22-14-12-21(29)13-15-22)28(33)34-17-24(32)31-27-23(16-30)25(19-8-4-2-5-9-19)26(36-27)20-10-6-3-7-11-20/h2-15,18H,17H2,1H3,(H,31,32). The first-order valence-electron chi connectivity index (χ1n) is 11.0. The molecule has 0 saturated carbocycles. The Morgan fingerprint density at radius 3 is 2.19 bits per heavy atom. The van der Waals surface area contributed by atoms with Gasteiger partial charge < -0.3 is 13.9 Å². The van der Waals surface area contributed by atoms with Crippen LogP contribution < -0.4 is 10.1 Å². The fourth-order valence-corrected chi connectivity index (χ4v) is 3.61. The summed E-state index contributed by atoms with van der Waals surface area (Å²) in [5, 5.41) is 13.0. The van der Waals surface area contributed by atoms with E-state index in [1.165, 1.54) is 6.92 Å². The molecule has 0 saturated heterocycles. The number of furan rings is 1. The number of ether oxygens (including phenoxy) is 2. The number of rotatable bonds is 8. The molecule has 180 valence electrons. The van der Waals surface area contributed by atoms with Crippen LogP contribution in [0.25, 0.3) is 22.5 Å². The van der Waals surface area contributed by atoms with Gasteiger partial charge in [-0.2, -0.15) is 5.26 Å². The van der Waals surface area contributed by atoms with E-state index in [2.05, 4.69) is 11.4 Å². The van der Waals surface area contributed by atoms with Crippen LogP contribution in [0, 0.1) is 11.3 Å². The normalized spacial score (nSPS) is 11.2. The van der Waals surface area contributed by atoms with E-state index in [4.69, 9.17) is 25.5 Å². The van der Waals surface area contributed by atoms with E-state index >= 15 is 0 Å². The average Bonchev–Trinajstić information content (AvgIpc) is 3.27. The monoisotopic (exact) mass is 500 g/mol. The fourth-order valence-electron chi connectivity index (χ4n) is 3.48. The van der Waals surface area contributed by atoms with Gasteiger partial charge in [-0.25, -0.2) is 4.79 Å². The molecule has 4 aromatic rings. The van der Waals surface area contributed by atoms with Gasteiger partial charge in [-0.3, -0.25) is 10.1 Å². The Bertz CT molecular complexity index is 1390. The summed E-state index contributed by atoms with van der Waals surface area (Å²) in [5.74, 6) is -0.539. The molecule has 0 radical (unpaired) electrons. The van der Waals surface area contributed by atoms with Crippen molar-refractivity contribution in [2.75, 3.05) is 11.9 Å². The highest BCUT2D eigenvalue weighted by atomic mass is 35.5. The molecule has 0 aliphatic rings. The summed E-state index contributed by atoms with van der Waals surface area (Å²) in [5.41, 5.74) is 2.23. The van der Waals surface area contributed by atoms with Gasteiger partial charge in [0.1, 0.15) is 23.1 Å². The molecule has 0 spiro atoms. The maximum Gasteiger partial charge on any atom is 0.347 e. The highest BCUT2D eigenvalue weighted by molar-refractivity contribution is 6.30. The molecular formula is C28H21ClN2O5. The van der Waals surface area contributed by atoms with Gasteiger partial charge >= 0.3 is 5.97 Å². The number of amides is 1. The van der Waals surface area contributed by atoms with Gasteiger partial charge in [-0.15, -0.1) is 0 Å². The first kappa shape index (κ1) is 24.6. The number of nitrogens with zero attached hydrogens (tertiary/aromatic N) is 1. The molecule has 1 aromatic heterocycles. The maximum absolute atomic E-state index is 12.6. The predicted octanol–water partition coefficient (Wildman–Crippen LogP) is 6.09. The van der Waals surface area contributed by atoms with Crippen LogP contribution in [0.1, 0.15) is 12.5 Å². The minimum absolute atomic E-state index is 0.0262. The zero-order chi connectivity index (χ0) is 25.5. The van der Waals surface area contributed by atoms with Crippen LogP contribution in [0.2, 0.25) is 5.02 Å². The van der Waals surface area contributed by atoms with Crippen molar-refractivity contribution in [3.05, 3.63) is 95.5 Å². The third kappa shape index (κ3) is 5.74.